The second-order valence-electron chi connectivity index (χ2n) is 3.40. The van der Waals surface area contributed by atoms with Gasteiger partial charge in [0.2, 0.25) is 0 Å². The molecule has 0 unspecified atom stereocenters. The summed E-state index contributed by atoms with van der Waals surface area (Å²) < 4.78 is 2.18. The van der Waals surface area contributed by atoms with Crippen molar-refractivity contribution in [2.24, 2.45) is 5.92 Å². The minimum atomic E-state index is -0.0562. The van der Waals surface area contributed by atoms with Crippen LogP contribution in [0.4, 0.5) is 0 Å². The molecule has 3 heteroatoms. The number of rotatable bonds is 3. The van der Waals surface area contributed by atoms with E-state index >= 15 is 0 Å². The predicted molar refractivity (Wildman–Crippen MR) is 55.9 cm³/mol. The molecule has 2 nitrogen and oxygen atoms in total. The molecule has 0 saturated carbocycles. The van der Waals surface area contributed by atoms with Crippen LogP contribution in [0.15, 0.2) is 28.7 Å². The third-order valence-electron chi connectivity index (χ3n) is 1.94. The minimum absolute atomic E-state index is 0.0562. The zero-order valence-electron chi connectivity index (χ0n) is 8.28. The van der Waals surface area contributed by atoms with Gasteiger partial charge in [-0.15, -0.1) is 0 Å². The fraction of sp³-hybridized carbons (Fsp3) is 0.273. The van der Waals surface area contributed by atoms with E-state index in [1.165, 1.54) is 24.9 Å². The molecule has 0 radical (unpaired) electrons. The van der Waals surface area contributed by atoms with Crippen molar-refractivity contribution in [3.05, 3.63) is 39.8 Å². The normalized spacial score (nSPS) is 11.8. The van der Waals surface area contributed by atoms with Gasteiger partial charge in [-0.1, -0.05) is 0 Å². The topological polar surface area (TPSA) is 32.9 Å². The Balaban J connectivity index is 3.00. The number of pyridine rings is 1. The van der Waals surface area contributed by atoms with Gasteiger partial charge in [0.15, 0.2) is 0 Å². The zero-order chi connectivity index (χ0) is 10.6. The molecule has 14 heavy (non-hydrogen) atoms. The fourth-order valence-electron chi connectivity index (χ4n) is 1.04. The SMILES string of the molecule is CC(C)/C([CH]=[W])=C/c1ccc(=O)[nH]c1. The summed E-state index contributed by atoms with van der Waals surface area (Å²) in [4.78, 5) is 13.5. The van der Waals surface area contributed by atoms with Crippen molar-refractivity contribution >= 4 is 10.5 Å². The van der Waals surface area contributed by atoms with Crippen molar-refractivity contribution in [1.82, 2.24) is 4.98 Å². The molecule has 0 atom stereocenters. The van der Waals surface area contributed by atoms with Crippen molar-refractivity contribution < 1.29 is 19.4 Å². The Kier molecular flexibility index (Phi) is 4.21. The van der Waals surface area contributed by atoms with Gasteiger partial charge in [0, 0.05) is 0 Å². The summed E-state index contributed by atoms with van der Waals surface area (Å²) in [6, 6.07) is 3.38. The first-order valence-corrected chi connectivity index (χ1v) is 6.18. The van der Waals surface area contributed by atoms with Gasteiger partial charge in [-0.2, -0.15) is 0 Å². The van der Waals surface area contributed by atoms with Crippen molar-refractivity contribution in [3.8, 4) is 0 Å². The fourth-order valence-corrected chi connectivity index (χ4v) is 2.26. The van der Waals surface area contributed by atoms with Gasteiger partial charge in [0.05, 0.1) is 0 Å². The van der Waals surface area contributed by atoms with Crippen LogP contribution < -0.4 is 5.56 Å². The van der Waals surface area contributed by atoms with Gasteiger partial charge in [0.25, 0.3) is 0 Å². The molecule has 0 amide bonds. The number of nitrogens with one attached hydrogen (secondary N) is 1. The summed E-state index contributed by atoms with van der Waals surface area (Å²) in [5.74, 6) is 0.527. The predicted octanol–water partition coefficient (Wildman–Crippen LogP) is 1.76. The van der Waals surface area contributed by atoms with Crippen molar-refractivity contribution in [2.45, 2.75) is 13.8 Å². The molecular weight excluding hydrogens is 346 g/mol. The van der Waals surface area contributed by atoms with Gasteiger partial charge in [-0.05, 0) is 0 Å². The number of hydrogen-bond donors (Lipinski definition) is 1. The molecule has 1 aromatic heterocycles. The number of aromatic amines is 1. The standard InChI is InChI=1S/C11H13NO.W/c1-8(2)9(3)6-10-4-5-11(13)12-7-10;/h3-8H,1-2H3,(H,12,13);/b9-6+;. The van der Waals surface area contributed by atoms with Crippen LogP contribution in [0.2, 0.25) is 0 Å². The summed E-state index contributed by atoms with van der Waals surface area (Å²) >= 11 is 1.45. The first-order valence-electron chi connectivity index (χ1n) is 4.49. The first-order chi connectivity index (χ1) is 6.63. The van der Waals surface area contributed by atoms with Crippen molar-refractivity contribution in [2.75, 3.05) is 0 Å². The molecule has 0 aromatic carbocycles. The molecule has 0 aliphatic rings. The van der Waals surface area contributed by atoms with Crippen LogP contribution >= 0.6 is 0 Å². The molecule has 0 bridgehead atoms. The Labute approximate surface area is 94.5 Å². The molecular formula is C11H13NOW. The van der Waals surface area contributed by atoms with Crippen LogP contribution in [-0.4, -0.2) is 9.38 Å². The Morgan fingerprint density at radius 2 is 2.21 bits per heavy atom. The number of allylic oxidation sites excluding steroid dienone is 1. The molecule has 0 aliphatic carbocycles. The number of aromatic nitrogens is 1. The third-order valence-corrected chi connectivity index (χ3v) is 2.92. The van der Waals surface area contributed by atoms with E-state index in [9.17, 15) is 4.79 Å². The van der Waals surface area contributed by atoms with Crippen LogP contribution in [-0.2, 0) is 19.4 Å². The van der Waals surface area contributed by atoms with Crippen LogP contribution in [0, 0.1) is 5.92 Å². The monoisotopic (exact) mass is 359 g/mol. The Hall–Kier alpha value is -0.752. The van der Waals surface area contributed by atoms with Crippen molar-refractivity contribution in [1.29, 1.82) is 0 Å². The summed E-state index contributed by atoms with van der Waals surface area (Å²) in [6.45, 7) is 4.33. The third kappa shape index (κ3) is 3.19. The van der Waals surface area contributed by atoms with E-state index in [4.69, 9.17) is 0 Å². The molecule has 0 fully saturated rings. The molecule has 1 aromatic rings. The summed E-state index contributed by atoms with van der Waals surface area (Å²) in [5, 5.41) is 0. The second kappa shape index (κ2) is 5.21. The van der Waals surface area contributed by atoms with Gasteiger partial charge in [0.1, 0.15) is 0 Å². The van der Waals surface area contributed by atoms with Crippen molar-refractivity contribution in [3.63, 3.8) is 0 Å². The van der Waals surface area contributed by atoms with Gasteiger partial charge in [-0.25, -0.2) is 0 Å². The average molecular weight is 359 g/mol. The molecule has 1 heterocycles. The van der Waals surface area contributed by atoms with Gasteiger partial charge in [-0.3, -0.25) is 0 Å². The van der Waals surface area contributed by atoms with Crippen LogP contribution in [0.25, 0.3) is 6.08 Å². The molecule has 0 aliphatic heterocycles. The molecule has 1 N–H and O–H groups in total. The van der Waals surface area contributed by atoms with E-state index in [-0.39, 0.29) is 5.56 Å². The van der Waals surface area contributed by atoms with Crippen LogP contribution in [0.5, 0.6) is 0 Å². The average Bonchev–Trinajstić information content (AvgIpc) is 2.16. The maximum atomic E-state index is 10.8. The number of hydrogen-bond acceptors (Lipinski definition) is 1. The van der Waals surface area contributed by atoms with E-state index in [0.29, 0.717) is 5.92 Å². The van der Waals surface area contributed by atoms with E-state index in [1.54, 1.807) is 12.3 Å². The van der Waals surface area contributed by atoms with Crippen LogP contribution in [0.3, 0.4) is 0 Å². The van der Waals surface area contributed by atoms with Gasteiger partial charge >= 0.3 is 94.4 Å². The van der Waals surface area contributed by atoms with Crippen LogP contribution in [0.1, 0.15) is 19.4 Å². The Morgan fingerprint density at radius 3 is 2.64 bits per heavy atom. The second-order valence-corrected chi connectivity index (χ2v) is 4.25. The molecule has 74 valence electrons. The zero-order valence-corrected chi connectivity index (χ0v) is 11.2. The first kappa shape index (κ1) is 11.3. The summed E-state index contributed by atoms with van der Waals surface area (Å²) in [6.07, 6.45) is 3.84. The van der Waals surface area contributed by atoms with E-state index in [2.05, 4.69) is 29.3 Å². The summed E-state index contributed by atoms with van der Waals surface area (Å²) in [7, 11) is 0. The quantitative estimate of drug-likeness (QED) is 0.877. The number of H-pyrrole nitrogens is 1. The van der Waals surface area contributed by atoms with E-state index in [1.807, 2.05) is 6.07 Å². The Bertz CT molecular complexity index is 383. The van der Waals surface area contributed by atoms with E-state index in [0.717, 1.165) is 5.56 Å². The summed E-state index contributed by atoms with van der Waals surface area (Å²) in [5.41, 5.74) is 2.30. The molecule has 0 spiro atoms. The maximum absolute atomic E-state index is 10.8. The molecule has 0 saturated heterocycles. The van der Waals surface area contributed by atoms with Gasteiger partial charge < -0.3 is 0 Å². The molecule has 1 rings (SSSR count). The van der Waals surface area contributed by atoms with E-state index < -0.39 is 0 Å². The Morgan fingerprint density at radius 1 is 1.50 bits per heavy atom.